The molecule has 0 bridgehead atoms. The van der Waals surface area contributed by atoms with Crippen molar-refractivity contribution in [3.8, 4) is 0 Å². The van der Waals surface area contributed by atoms with Crippen molar-refractivity contribution in [1.29, 1.82) is 0 Å². The maximum atomic E-state index is 12.6. The van der Waals surface area contributed by atoms with Gasteiger partial charge in [0.2, 0.25) is 0 Å². The van der Waals surface area contributed by atoms with Gasteiger partial charge in [0.05, 0.1) is 19.3 Å². The number of allylic oxidation sites excluding steroid dienone is 10. The van der Waals surface area contributed by atoms with Gasteiger partial charge in [-0.15, -0.1) is 0 Å². The molecule has 0 radical (unpaired) electrons. The van der Waals surface area contributed by atoms with E-state index in [4.69, 9.17) is 24.3 Å². The summed E-state index contributed by atoms with van der Waals surface area (Å²) in [5, 5.41) is 10.1. The Morgan fingerprint density at radius 1 is 0.603 bits per heavy atom. The fraction of sp³-hybridized carbons (Fsp3) is 0.702. The highest BCUT2D eigenvalue weighted by Crippen LogP contribution is 2.43. The van der Waals surface area contributed by atoms with Gasteiger partial charge in [0.15, 0.2) is 6.10 Å². The number of phosphoric ester groups is 1. The van der Waals surface area contributed by atoms with Crippen molar-refractivity contribution in [3.05, 3.63) is 72.9 Å². The highest BCUT2D eigenvalue weighted by Gasteiger charge is 2.26. The summed E-state index contributed by atoms with van der Waals surface area (Å²) in [6.45, 7) is 3.51. The second kappa shape index (κ2) is 42.5. The largest absolute Gasteiger partial charge is 0.472 e. The highest BCUT2D eigenvalue weighted by molar-refractivity contribution is 7.47. The minimum atomic E-state index is -4.41. The standard InChI is InChI=1S/C47H82NO9P/c1-3-5-7-9-11-12-13-14-15-16-17-18-19-20-21-22-26-30-34-38-46(50)54-42-45(43-56-58(52,53)55-41-40-48)57-47(51)39-35-31-27-23-25-29-33-37-44(49)36-32-28-24-10-8-6-4-2/h11-12,14-15,23-24,27-29,32-33,36,44-45,49H,3-10,13,16-22,25-26,30-31,34-35,37-43,48H2,1-2H3,(H,52,53)/b12-11-,15-14-,27-23+,28-24-,33-29-,36-32-/t44-,45+/m0/s1. The maximum absolute atomic E-state index is 12.6. The normalized spacial score (nSPS) is 14.5. The summed E-state index contributed by atoms with van der Waals surface area (Å²) in [5.41, 5.74) is 5.34. The summed E-state index contributed by atoms with van der Waals surface area (Å²) in [5.74, 6) is -0.945. The van der Waals surface area contributed by atoms with Crippen molar-refractivity contribution in [1.82, 2.24) is 0 Å². The molecule has 0 aliphatic heterocycles. The Kier molecular flexibility index (Phi) is 40.6. The molecule has 0 aliphatic carbocycles. The van der Waals surface area contributed by atoms with Crippen LogP contribution in [-0.4, -0.2) is 60.5 Å². The number of hydrogen-bond donors (Lipinski definition) is 3. The van der Waals surface area contributed by atoms with Crippen molar-refractivity contribution in [2.24, 2.45) is 5.73 Å². The summed E-state index contributed by atoms with van der Waals surface area (Å²) >= 11 is 0. The summed E-state index contributed by atoms with van der Waals surface area (Å²) in [6.07, 6.45) is 48.1. The second-order valence-corrected chi connectivity index (χ2v) is 16.2. The highest BCUT2D eigenvalue weighted by atomic mass is 31.2. The van der Waals surface area contributed by atoms with Crippen molar-refractivity contribution in [3.63, 3.8) is 0 Å². The SMILES string of the molecule is CCCCC/C=C\C=C/[C@H](O)C/C=C\C/C=C/CCCC(=O)O[C@H](COC(=O)CCCCCCCCCCC/C=C\C/C=C\CCCCC)COP(=O)(O)OCCN. The molecular weight excluding hydrogens is 753 g/mol. The third-order valence-electron chi connectivity index (χ3n) is 9.15. The minimum absolute atomic E-state index is 0.0304. The molecule has 0 saturated heterocycles. The molecular formula is C47H82NO9P. The quantitative estimate of drug-likeness (QED) is 0.0178. The number of hydrogen-bond acceptors (Lipinski definition) is 9. The zero-order valence-corrected chi connectivity index (χ0v) is 37.3. The summed E-state index contributed by atoms with van der Waals surface area (Å²) in [4.78, 5) is 34.9. The molecule has 0 fully saturated rings. The summed E-state index contributed by atoms with van der Waals surface area (Å²) < 4.78 is 32.7. The molecule has 0 aromatic carbocycles. The van der Waals surface area contributed by atoms with Crippen LogP contribution < -0.4 is 5.73 Å². The first-order chi connectivity index (χ1) is 28.2. The van der Waals surface area contributed by atoms with Crippen molar-refractivity contribution in [2.45, 2.75) is 187 Å². The first-order valence-electron chi connectivity index (χ1n) is 22.5. The zero-order chi connectivity index (χ0) is 42.6. The van der Waals surface area contributed by atoms with Gasteiger partial charge < -0.3 is 25.2 Å². The van der Waals surface area contributed by atoms with E-state index in [0.717, 1.165) is 38.5 Å². The molecule has 0 heterocycles. The third-order valence-corrected chi connectivity index (χ3v) is 10.1. The lowest BCUT2D eigenvalue weighted by atomic mass is 10.1. The number of phosphoric acid groups is 1. The van der Waals surface area contributed by atoms with Crippen molar-refractivity contribution < 1.29 is 42.7 Å². The lowest BCUT2D eigenvalue weighted by Gasteiger charge is -2.19. The predicted molar refractivity (Wildman–Crippen MR) is 239 cm³/mol. The summed E-state index contributed by atoms with van der Waals surface area (Å²) in [7, 11) is -4.41. The first kappa shape index (κ1) is 55.4. The van der Waals surface area contributed by atoms with Crippen LogP contribution in [0.4, 0.5) is 0 Å². The molecule has 0 aromatic rings. The lowest BCUT2D eigenvalue weighted by Crippen LogP contribution is -2.29. The molecule has 0 aromatic heterocycles. The van der Waals surface area contributed by atoms with E-state index < -0.39 is 38.6 Å². The Hall–Kier alpha value is -2.59. The monoisotopic (exact) mass is 836 g/mol. The Balaban J connectivity index is 4.29. The average molecular weight is 836 g/mol. The van der Waals surface area contributed by atoms with Gasteiger partial charge in [-0.05, 0) is 77.0 Å². The van der Waals surface area contributed by atoms with Gasteiger partial charge in [0.1, 0.15) is 6.61 Å². The molecule has 4 N–H and O–H groups in total. The van der Waals surface area contributed by atoms with Gasteiger partial charge in [-0.1, -0.05) is 157 Å². The molecule has 0 spiro atoms. The number of esters is 2. The van der Waals surface area contributed by atoms with Gasteiger partial charge in [-0.2, -0.15) is 0 Å². The number of unbranched alkanes of at least 4 members (excludes halogenated alkanes) is 16. The van der Waals surface area contributed by atoms with E-state index in [9.17, 15) is 24.2 Å². The van der Waals surface area contributed by atoms with E-state index in [-0.39, 0.29) is 32.6 Å². The molecule has 1 unspecified atom stereocenters. The molecule has 0 amide bonds. The maximum Gasteiger partial charge on any atom is 0.472 e. The molecule has 10 nitrogen and oxygen atoms in total. The Bertz CT molecular complexity index is 1200. The van der Waals surface area contributed by atoms with Gasteiger partial charge in [0, 0.05) is 19.4 Å². The van der Waals surface area contributed by atoms with E-state index in [1.54, 1.807) is 6.08 Å². The molecule has 58 heavy (non-hydrogen) atoms. The molecule has 11 heteroatoms. The molecule has 0 saturated carbocycles. The fourth-order valence-corrected chi connectivity index (χ4v) is 6.50. The van der Waals surface area contributed by atoms with E-state index in [1.165, 1.54) is 77.0 Å². The number of carbonyl (C=O) groups excluding carboxylic acids is 2. The Morgan fingerprint density at radius 2 is 1.12 bits per heavy atom. The van der Waals surface area contributed by atoms with Crippen LogP contribution in [0.1, 0.15) is 174 Å². The van der Waals surface area contributed by atoms with E-state index in [0.29, 0.717) is 32.1 Å². The van der Waals surface area contributed by atoms with Gasteiger partial charge in [-0.3, -0.25) is 18.6 Å². The van der Waals surface area contributed by atoms with Crippen LogP contribution in [0.5, 0.6) is 0 Å². The third kappa shape index (κ3) is 41.6. The van der Waals surface area contributed by atoms with Crippen molar-refractivity contribution in [2.75, 3.05) is 26.4 Å². The number of aliphatic hydroxyl groups excluding tert-OH is 1. The van der Waals surface area contributed by atoms with Crippen LogP contribution in [0, 0.1) is 0 Å². The van der Waals surface area contributed by atoms with Gasteiger partial charge >= 0.3 is 19.8 Å². The number of carbonyl (C=O) groups is 2. The van der Waals surface area contributed by atoms with Crippen molar-refractivity contribution >= 4 is 19.8 Å². The fourth-order valence-electron chi connectivity index (χ4n) is 5.74. The number of ether oxygens (including phenoxy) is 2. The topological polar surface area (TPSA) is 155 Å². The second-order valence-electron chi connectivity index (χ2n) is 14.8. The van der Waals surface area contributed by atoms with Crippen LogP contribution in [0.3, 0.4) is 0 Å². The number of nitrogens with two attached hydrogens (primary N) is 1. The van der Waals surface area contributed by atoms with E-state index in [1.807, 2.05) is 36.5 Å². The van der Waals surface area contributed by atoms with Crippen LogP contribution in [0.15, 0.2) is 72.9 Å². The lowest BCUT2D eigenvalue weighted by molar-refractivity contribution is -0.161. The predicted octanol–water partition coefficient (Wildman–Crippen LogP) is 12.0. The van der Waals surface area contributed by atoms with E-state index >= 15 is 0 Å². The molecule has 0 aliphatic rings. The smallest absolute Gasteiger partial charge is 0.462 e. The van der Waals surface area contributed by atoms with Crippen LogP contribution >= 0.6 is 7.82 Å². The zero-order valence-electron chi connectivity index (χ0n) is 36.4. The van der Waals surface area contributed by atoms with Crippen LogP contribution in [0.2, 0.25) is 0 Å². The summed E-state index contributed by atoms with van der Waals surface area (Å²) in [6, 6.07) is 0. The molecule has 3 atom stereocenters. The first-order valence-corrected chi connectivity index (χ1v) is 24.0. The van der Waals surface area contributed by atoms with Crippen LogP contribution in [0.25, 0.3) is 0 Å². The Morgan fingerprint density at radius 3 is 1.72 bits per heavy atom. The Labute approximate surface area is 353 Å². The minimum Gasteiger partial charge on any atom is -0.462 e. The molecule has 0 rings (SSSR count). The van der Waals surface area contributed by atoms with Crippen LogP contribution in [-0.2, 0) is 32.7 Å². The molecule has 334 valence electrons. The number of aliphatic hydroxyl groups is 1. The van der Waals surface area contributed by atoms with E-state index in [2.05, 4.69) is 44.2 Å². The average Bonchev–Trinajstić information content (AvgIpc) is 3.21. The van der Waals surface area contributed by atoms with Gasteiger partial charge in [0.25, 0.3) is 0 Å². The number of rotatable bonds is 41. The van der Waals surface area contributed by atoms with Gasteiger partial charge in [-0.25, -0.2) is 4.57 Å².